The zero-order chi connectivity index (χ0) is 13.8. The van der Waals surface area contributed by atoms with Crippen molar-refractivity contribution in [3.63, 3.8) is 0 Å². The second-order valence-electron chi connectivity index (χ2n) is 5.83. The third-order valence-corrected chi connectivity index (χ3v) is 4.48. The van der Waals surface area contributed by atoms with Gasteiger partial charge in [0, 0.05) is 30.9 Å². The van der Waals surface area contributed by atoms with Crippen LogP contribution in [-0.4, -0.2) is 59.1 Å². The van der Waals surface area contributed by atoms with Crippen molar-refractivity contribution >= 4 is 0 Å². The molecule has 0 bridgehead atoms. The molecule has 20 heavy (non-hydrogen) atoms. The highest BCUT2D eigenvalue weighted by atomic mass is 16.5. The van der Waals surface area contributed by atoms with Gasteiger partial charge in [-0.2, -0.15) is 0 Å². The third kappa shape index (κ3) is 3.10. The molecule has 3 rings (SSSR count). The van der Waals surface area contributed by atoms with Crippen LogP contribution in [0.4, 0.5) is 0 Å². The Labute approximate surface area is 121 Å². The van der Waals surface area contributed by atoms with Crippen LogP contribution in [0.5, 0.6) is 5.88 Å². The quantitative estimate of drug-likeness (QED) is 0.816. The van der Waals surface area contributed by atoms with Crippen LogP contribution in [0.15, 0.2) is 12.5 Å². The van der Waals surface area contributed by atoms with Gasteiger partial charge >= 0.3 is 0 Å². The molecule has 0 saturated carbocycles. The topological polar surface area (TPSA) is 41.5 Å². The molecule has 0 N–H and O–H groups in total. The lowest BCUT2D eigenvalue weighted by atomic mass is 10.2. The van der Waals surface area contributed by atoms with Gasteiger partial charge in [-0.15, -0.1) is 0 Å². The van der Waals surface area contributed by atoms with E-state index in [0.717, 1.165) is 12.1 Å². The molecule has 2 saturated heterocycles. The van der Waals surface area contributed by atoms with E-state index in [9.17, 15) is 0 Å². The van der Waals surface area contributed by atoms with Gasteiger partial charge in [0.1, 0.15) is 6.33 Å². The van der Waals surface area contributed by atoms with Crippen LogP contribution in [0.2, 0.25) is 0 Å². The number of likely N-dealkylation sites (tertiary alicyclic amines) is 2. The summed E-state index contributed by atoms with van der Waals surface area (Å²) >= 11 is 0. The summed E-state index contributed by atoms with van der Waals surface area (Å²) < 4.78 is 5.34. The van der Waals surface area contributed by atoms with E-state index in [0.29, 0.717) is 11.9 Å². The van der Waals surface area contributed by atoms with E-state index in [2.05, 4.69) is 19.8 Å². The maximum Gasteiger partial charge on any atom is 0.220 e. The monoisotopic (exact) mass is 276 g/mol. The minimum Gasteiger partial charge on any atom is -0.481 e. The second-order valence-corrected chi connectivity index (χ2v) is 5.83. The van der Waals surface area contributed by atoms with Gasteiger partial charge in [0.15, 0.2) is 0 Å². The van der Waals surface area contributed by atoms with Crippen LogP contribution < -0.4 is 4.74 Å². The van der Waals surface area contributed by atoms with Crippen molar-refractivity contribution in [3.05, 3.63) is 18.1 Å². The van der Waals surface area contributed by atoms with Gasteiger partial charge in [-0.1, -0.05) is 0 Å². The minimum absolute atomic E-state index is 0.679. The molecule has 1 unspecified atom stereocenters. The fraction of sp³-hybridized carbons (Fsp3) is 0.733. The molecule has 2 aliphatic rings. The Bertz CT molecular complexity index is 434. The van der Waals surface area contributed by atoms with Crippen molar-refractivity contribution in [2.24, 2.45) is 0 Å². The van der Waals surface area contributed by atoms with E-state index in [1.165, 1.54) is 51.9 Å². The summed E-state index contributed by atoms with van der Waals surface area (Å²) in [7, 11) is 1.68. The molecule has 1 atom stereocenters. The predicted molar refractivity (Wildman–Crippen MR) is 77.7 cm³/mol. The molecule has 2 fully saturated rings. The zero-order valence-electron chi connectivity index (χ0n) is 12.3. The highest BCUT2D eigenvalue weighted by molar-refractivity contribution is 5.22. The highest BCUT2D eigenvalue weighted by Crippen LogP contribution is 2.24. The molecule has 0 radical (unpaired) electrons. The SMILES string of the molecule is COc1ncncc1CN1CCCC1CN1CCCC1. The normalized spacial score (nSPS) is 24.4. The molecule has 0 amide bonds. The maximum absolute atomic E-state index is 5.34. The van der Waals surface area contributed by atoms with Crippen LogP contribution >= 0.6 is 0 Å². The van der Waals surface area contributed by atoms with Crippen LogP contribution in [0.1, 0.15) is 31.2 Å². The van der Waals surface area contributed by atoms with Crippen molar-refractivity contribution in [1.29, 1.82) is 0 Å². The number of methoxy groups -OCH3 is 1. The Morgan fingerprint density at radius 1 is 1.25 bits per heavy atom. The first-order chi connectivity index (χ1) is 9.86. The van der Waals surface area contributed by atoms with E-state index in [4.69, 9.17) is 4.74 Å². The first-order valence-electron chi connectivity index (χ1n) is 7.66. The number of nitrogens with zero attached hydrogens (tertiary/aromatic N) is 4. The first kappa shape index (κ1) is 13.8. The van der Waals surface area contributed by atoms with E-state index < -0.39 is 0 Å². The largest absolute Gasteiger partial charge is 0.481 e. The van der Waals surface area contributed by atoms with E-state index >= 15 is 0 Å². The number of rotatable bonds is 5. The summed E-state index contributed by atoms with van der Waals surface area (Å²) in [6, 6.07) is 0.679. The van der Waals surface area contributed by atoms with Crippen LogP contribution in [0, 0.1) is 0 Å². The fourth-order valence-electron chi connectivity index (χ4n) is 3.43. The molecular weight excluding hydrogens is 252 g/mol. The lowest BCUT2D eigenvalue weighted by Gasteiger charge is -2.28. The lowest BCUT2D eigenvalue weighted by molar-refractivity contribution is 0.183. The molecule has 0 aromatic carbocycles. The van der Waals surface area contributed by atoms with Crippen LogP contribution in [0.25, 0.3) is 0 Å². The molecule has 2 aliphatic heterocycles. The molecule has 5 nitrogen and oxygen atoms in total. The van der Waals surface area contributed by atoms with E-state index in [1.807, 2.05) is 6.20 Å². The number of hydrogen-bond donors (Lipinski definition) is 0. The smallest absolute Gasteiger partial charge is 0.220 e. The first-order valence-corrected chi connectivity index (χ1v) is 7.66. The van der Waals surface area contributed by atoms with E-state index in [-0.39, 0.29) is 0 Å². The highest BCUT2D eigenvalue weighted by Gasteiger charge is 2.28. The number of ether oxygens (including phenoxy) is 1. The van der Waals surface area contributed by atoms with Gasteiger partial charge in [0.25, 0.3) is 0 Å². The standard InChI is InChI=1S/C15H24N4O/c1-20-15-13(9-16-12-17-15)10-19-8-4-5-14(19)11-18-6-2-3-7-18/h9,12,14H,2-8,10-11H2,1H3. The molecule has 0 aliphatic carbocycles. The summed E-state index contributed by atoms with van der Waals surface area (Å²) in [5.74, 6) is 0.715. The summed E-state index contributed by atoms with van der Waals surface area (Å²) in [6.07, 6.45) is 8.78. The van der Waals surface area contributed by atoms with Crippen molar-refractivity contribution in [1.82, 2.24) is 19.8 Å². The number of aromatic nitrogens is 2. The Kier molecular flexibility index (Phi) is 4.47. The summed E-state index contributed by atoms with van der Waals surface area (Å²) in [5, 5.41) is 0. The van der Waals surface area contributed by atoms with Crippen molar-refractivity contribution < 1.29 is 4.74 Å². The lowest BCUT2D eigenvalue weighted by Crippen LogP contribution is -2.39. The molecule has 1 aromatic rings. The predicted octanol–water partition coefficient (Wildman–Crippen LogP) is 1.55. The van der Waals surface area contributed by atoms with Crippen molar-refractivity contribution in [2.45, 2.75) is 38.3 Å². The molecule has 1 aromatic heterocycles. The molecule has 5 heteroatoms. The van der Waals surface area contributed by atoms with Gasteiger partial charge in [-0.3, -0.25) is 4.90 Å². The van der Waals surface area contributed by atoms with Gasteiger partial charge in [0.05, 0.1) is 7.11 Å². The van der Waals surface area contributed by atoms with Crippen LogP contribution in [0.3, 0.4) is 0 Å². The van der Waals surface area contributed by atoms with Gasteiger partial charge in [-0.25, -0.2) is 9.97 Å². The Hall–Kier alpha value is -1.20. The average molecular weight is 276 g/mol. The fourth-order valence-corrected chi connectivity index (χ4v) is 3.43. The third-order valence-electron chi connectivity index (χ3n) is 4.48. The van der Waals surface area contributed by atoms with Crippen molar-refractivity contribution in [2.75, 3.05) is 33.3 Å². The Morgan fingerprint density at radius 2 is 2.10 bits per heavy atom. The summed E-state index contributed by atoms with van der Waals surface area (Å²) in [6.45, 7) is 5.86. The summed E-state index contributed by atoms with van der Waals surface area (Å²) in [4.78, 5) is 13.5. The van der Waals surface area contributed by atoms with Gasteiger partial charge in [0.2, 0.25) is 5.88 Å². The Balaban J connectivity index is 1.63. The Morgan fingerprint density at radius 3 is 2.90 bits per heavy atom. The van der Waals surface area contributed by atoms with E-state index in [1.54, 1.807) is 13.4 Å². The molecule has 3 heterocycles. The van der Waals surface area contributed by atoms with Crippen molar-refractivity contribution in [3.8, 4) is 5.88 Å². The molecule has 0 spiro atoms. The molecular formula is C15H24N4O. The summed E-state index contributed by atoms with van der Waals surface area (Å²) in [5.41, 5.74) is 1.10. The zero-order valence-corrected chi connectivity index (χ0v) is 12.3. The minimum atomic E-state index is 0.679. The van der Waals surface area contributed by atoms with Crippen LogP contribution in [-0.2, 0) is 6.54 Å². The number of hydrogen-bond acceptors (Lipinski definition) is 5. The second kappa shape index (κ2) is 6.50. The van der Waals surface area contributed by atoms with Gasteiger partial charge < -0.3 is 9.64 Å². The van der Waals surface area contributed by atoms with Gasteiger partial charge in [-0.05, 0) is 45.3 Å². The maximum atomic E-state index is 5.34. The average Bonchev–Trinajstić information content (AvgIpc) is 3.13. The molecule has 110 valence electrons.